The lowest BCUT2D eigenvalue weighted by molar-refractivity contribution is -0.143. The van der Waals surface area contributed by atoms with E-state index in [0.29, 0.717) is 12.0 Å². The molecular weight excluding hydrogens is 245 g/mol. The van der Waals surface area contributed by atoms with Crippen molar-refractivity contribution in [3.8, 4) is 0 Å². The number of ether oxygens (including phenoxy) is 1. The van der Waals surface area contributed by atoms with Gasteiger partial charge in [0.1, 0.15) is 11.9 Å². The first-order chi connectivity index (χ1) is 9.10. The molecule has 19 heavy (non-hydrogen) atoms. The predicted molar refractivity (Wildman–Crippen MR) is 73.3 cm³/mol. The summed E-state index contributed by atoms with van der Waals surface area (Å²) < 4.78 is 18.5. The van der Waals surface area contributed by atoms with Crippen molar-refractivity contribution < 1.29 is 13.9 Å². The van der Waals surface area contributed by atoms with Crippen LogP contribution in [0.1, 0.15) is 44.7 Å². The van der Waals surface area contributed by atoms with Crippen LogP contribution in [0.25, 0.3) is 0 Å². The van der Waals surface area contributed by atoms with Gasteiger partial charge in [-0.15, -0.1) is 0 Å². The van der Waals surface area contributed by atoms with Gasteiger partial charge in [0, 0.05) is 11.6 Å². The molecule has 0 amide bonds. The summed E-state index contributed by atoms with van der Waals surface area (Å²) in [6.07, 6.45) is 2.63. The maximum absolute atomic E-state index is 13.7. The first-order valence-electron chi connectivity index (χ1n) is 6.68. The van der Waals surface area contributed by atoms with Crippen LogP contribution in [0.5, 0.6) is 0 Å². The Labute approximate surface area is 114 Å². The third-order valence-corrected chi connectivity index (χ3v) is 3.15. The predicted octanol–water partition coefficient (Wildman–Crippen LogP) is 3.21. The van der Waals surface area contributed by atoms with Gasteiger partial charge < -0.3 is 4.74 Å². The molecule has 0 aliphatic rings. The van der Waals surface area contributed by atoms with E-state index in [2.05, 4.69) is 12.2 Å². The molecule has 0 fully saturated rings. The molecule has 0 aliphatic carbocycles. The summed E-state index contributed by atoms with van der Waals surface area (Å²) in [6.45, 7) is 3.91. The van der Waals surface area contributed by atoms with E-state index < -0.39 is 0 Å². The molecule has 3 nitrogen and oxygen atoms in total. The SMILES string of the molecule is CCCCC(NC(C)c1ccccc1F)C(=O)OC. The number of hydrogen-bond acceptors (Lipinski definition) is 3. The molecule has 1 rings (SSSR count). The van der Waals surface area contributed by atoms with Gasteiger partial charge in [-0.3, -0.25) is 10.1 Å². The van der Waals surface area contributed by atoms with Crippen molar-refractivity contribution in [1.82, 2.24) is 5.32 Å². The Kier molecular flexibility index (Phi) is 6.50. The molecule has 0 bridgehead atoms. The number of benzene rings is 1. The van der Waals surface area contributed by atoms with E-state index in [1.807, 2.05) is 6.92 Å². The summed E-state index contributed by atoms with van der Waals surface area (Å²) in [6, 6.07) is 5.96. The molecule has 0 heterocycles. The number of carbonyl (C=O) groups is 1. The van der Waals surface area contributed by atoms with Gasteiger partial charge in [0.15, 0.2) is 0 Å². The third-order valence-electron chi connectivity index (χ3n) is 3.15. The number of methoxy groups -OCH3 is 1. The normalized spacial score (nSPS) is 13.9. The van der Waals surface area contributed by atoms with Crippen LogP contribution in [0.3, 0.4) is 0 Å². The molecule has 2 atom stereocenters. The number of hydrogen-bond donors (Lipinski definition) is 1. The van der Waals surface area contributed by atoms with Crippen molar-refractivity contribution in [2.24, 2.45) is 0 Å². The Morgan fingerprint density at radius 3 is 2.68 bits per heavy atom. The minimum absolute atomic E-state index is 0.234. The minimum Gasteiger partial charge on any atom is -0.468 e. The number of rotatable bonds is 7. The van der Waals surface area contributed by atoms with Crippen LogP contribution in [0.15, 0.2) is 24.3 Å². The van der Waals surface area contributed by atoms with Crippen molar-refractivity contribution in [2.75, 3.05) is 7.11 Å². The van der Waals surface area contributed by atoms with E-state index in [9.17, 15) is 9.18 Å². The van der Waals surface area contributed by atoms with Crippen molar-refractivity contribution in [1.29, 1.82) is 0 Å². The number of unbranched alkanes of at least 4 members (excludes halogenated alkanes) is 1. The van der Waals surface area contributed by atoms with Gasteiger partial charge >= 0.3 is 5.97 Å². The lowest BCUT2D eigenvalue weighted by Gasteiger charge is -2.22. The van der Waals surface area contributed by atoms with Crippen LogP contribution >= 0.6 is 0 Å². The van der Waals surface area contributed by atoms with Gasteiger partial charge in [0.2, 0.25) is 0 Å². The molecule has 1 N–H and O–H groups in total. The zero-order valence-electron chi connectivity index (χ0n) is 11.8. The third kappa shape index (κ3) is 4.63. The molecule has 0 saturated heterocycles. The van der Waals surface area contributed by atoms with Gasteiger partial charge in [-0.1, -0.05) is 38.0 Å². The topological polar surface area (TPSA) is 38.3 Å². The summed E-state index contributed by atoms with van der Waals surface area (Å²) in [5.41, 5.74) is 0.563. The molecule has 1 aromatic carbocycles. The summed E-state index contributed by atoms with van der Waals surface area (Å²) in [4.78, 5) is 11.7. The Balaban J connectivity index is 2.72. The highest BCUT2D eigenvalue weighted by molar-refractivity contribution is 5.75. The molecular formula is C15H22FNO2. The van der Waals surface area contributed by atoms with Crippen LogP contribution in [-0.4, -0.2) is 19.1 Å². The average Bonchev–Trinajstić information content (AvgIpc) is 2.42. The van der Waals surface area contributed by atoms with Gasteiger partial charge in [-0.25, -0.2) is 4.39 Å². The standard InChI is InChI=1S/C15H22FNO2/c1-4-5-10-14(15(18)19-3)17-11(2)12-8-6-7-9-13(12)16/h6-9,11,14,17H,4-5,10H2,1-3H3. The Hall–Kier alpha value is -1.42. The molecule has 0 aromatic heterocycles. The quantitative estimate of drug-likeness (QED) is 0.771. The van der Waals surface area contributed by atoms with Crippen molar-refractivity contribution in [3.05, 3.63) is 35.6 Å². The second-order valence-corrected chi connectivity index (χ2v) is 4.63. The van der Waals surface area contributed by atoms with Crippen molar-refractivity contribution in [3.63, 3.8) is 0 Å². The smallest absolute Gasteiger partial charge is 0.322 e. The van der Waals surface area contributed by atoms with E-state index in [-0.39, 0.29) is 23.9 Å². The summed E-state index contributed by atoms with van der Waals surface area (Å²) >= 11 is 0. The van der Waals surface area contributed by atoms with Crippen LogP contribution in [-0.2, 0) is 9.53 Å². The zero-order valence-corrected chi connectivity index (χ0v) is 11.8. The summed E-state index contributed by atoms with van der Waals surface area (Å²) in [7, 11) is 1.37. The molecule has 0 saturated carbocycles. The molecule has 0 aliphatic heterocycles. The number of nitrogens with one attached hydrogen (secondary N) is 1. The first-order valence-corrected chi connectivity index (χ1v) is 6.68. The maximum atomic E-state index is 13.7. The lowest BCUT2D eigenvalue weighted by Crippen LogP contribution is -2.39. The fourth-order valence-electron chi connectivity index (χ4n) is 2.04. The number of esters is 1. The number of carbonyl (C=O) groups excluding carboxylic acids is 1. The maximum Gasteiger partial charge on any atom is 0.322 e. The summed E-state index contributed by atoms with van der Waals surface area (Å²) in [5.74, 6) is -0.557. The largest absolute Gasteiger partial charge is 0.468 e. The second-order valence-electron chi connectivity index (χ2n) is 4.63. The molecule has 106 valence electrons. The Morgan fingerprint density at radius 1 is 1.42 bits per heavy atom. The van der Waals surface area contributed by atoms with Crippen LogP contribution in [0, 0.1) is 5.82 Å². The van der Waals surface area contributed by atoms with Gasteiger partial charge in [0.25, 0.3) is 0 Å². The Bertz CT molecular complexity index is 409. The molecule has 0 spiro atoms. The molecule has 1 aromatic rings. The minimum atomic E-state index is -0.389. The van der Waals surface area contributed by atoms with E-state index in [4.69, 9.17) is 4.74 Å². The Morgan fingerprint density at radius 2 is 2.11 bits per heavy atom. The van der Waals surface area contributed by atoms with Crippen LogP contribution in [0.2, 0.25) is 0 Å². The highest BCUT2D eigenvalue weighted by atomic mass is 19.1. The van der Waals surface area contributed by atoms with E-state index in [1.165, 1.54) is 13.2 Å². The molecule has 0 radical (unpaired) electrons. The lowest BCUT2D eigenvalue weighted by atomic mass is 10.0. The van der Waals surface area contributed by atoms with E-state index >= 15 is 0 Å². The second kappa shape index (κ2) is 7.89. The van der Waals surface area contributed by atoms with Crippen LogP contribution in [0.4, 0.5) is 4.39 Å². The molecule has 2 unspecified atom stereocenters. The fourth-order valence-corrected chi connectivity index (χ4v) is 2.04. The van der Waals surface area contributed by atoms with Crippen LogP contribution < -0.4 is 5.32 Å². The van der Waals surface area contributed by atoms with E-state index in [1.54, 1.807) is 18.2 Å². The van der Waals surface area contributed by atoms with Crippen molar-refractivity contribution >= 4 is 5.97 Å². The highest BCUT2D eigenvalue weighted by Gasteiger charge is 2.22. The van der Waals surface area contributed by atoms with E-state index in [0.717, 1.165) is 12.8 Å². The molecule has 4 heteroatoms. The first kappa shape index (κ1) is 15.6. The highest BCUT2D eigenvalue weighted by Crippen LogP contribution is 2.18. The zero-order chi connectivity index (χ0) is 14.3. The van der Waals surface area contributed by atoms with Crippen molar-refractivity contribution in [2.45, 2.75) is 45.2 Å². The van der Waals surface area contributed by atoms with Gasteiger partial charge in [-0.2, -0.15) is 0 Å². The average molecular weight is 267 g/mol. The number of halogens is 1. The monoisotopic (exact) mass is 267 g/mol. The van der Waals surface area contributed by atoms with Gasteiger partial charge in [0.05, 0.1) is 7.11 Å². The summed E-state index contributed by atoms with van der Waals surface area (Å²) in [5, 5.41) is 3.15. The fraction of sp³-hybridized carbons (Fsp3) is 0.533. The van der Waals surface area contributed by atoms with Gasteiger partial charge in [-0.05, 0) is 19.4 Å².